The van der Waals surface area contributed by atoms with E-state index in [1.165, 1.54) is 6.92 Å². The Morgan fingerprint density at radius 3 is 2.63 bits per heavy atom. The van der Waals surface area contributed by atoms with Gasteiger partial charge >= 0.3 is 12.1 Å². The van der Waals surface area contributed by atoms with Crippen LogP contribution in [0.4, 0.5) is 4.79 Å². The molecule has 4 heterocycles. The van der Waals surface area contributed by atoms with Crippen LogP contribution in [0.3, 0.4) is 0 Å². The summed E-state index contributed by atoms with van der Waals surface area (Å²) in [5.41, 5.74) is -1.45. The van der Waals surface area contributed by atoms with E-state index in [2.05, 4.69) is 25.7 Å². The first-order chi connectivity index (χ1) is 23.9. The monoisotopic (exact) mass is 718 g/mol. The molecule has 0 unspecified atom stereocenters. The average molecular weight is 719 g/mol. The quantitative estimate of drug-likeness (QED) is 0.170. The Labute approximate surface area is 295 Å². The van der Waals surface area contributed by atoms with Gasteiger partial charge in [-0.3, -0.25) is 19.6 Å². The molecule has 3 amide bonds. The van der Waals surface area contributed by atoms with E-state index in [1.54, 1.807) is 44.0 Å². The standard InChI is InChI=1S/C34H50N6O11/c1-19-12-21(13-22-15-36-38-25(19)22)29(45)35-16-24(43)27(44)28-26(37-20(2)41)23(42)14-34(50-28,30(46)47)7-9-40-10-11-49-18-33(40)6-8-39(17-33)31(48)51-32(3,4)5/h12-13,15,23-24,26-28,42-44H,6-11,14,16-18H2,1-5H3,(H,35,45)(H,36,38)(H,37,41)(H,46,47)/t23-,24+,26+,27+,28+,33-,34+/m0/s1. The first kappa shape index (κ1) is 38.4. The van der Waals surface area contributed by atoms with Gasteiger partial charge in [0.15, 0.2) is 5.60 Å². The van der Waals surface area contributed by atoms with E-state index in [1.807, 2.05) is 6.92 Å². The van der Waals surface area contributed by atoms with Gasteiger partial charge in [0.2, 0.25) is 5.91 Å². The first-order valence-electron chi connectivity index (χ1n) is 17.2. The molecule has 1 aromatic carbocycles. The number of aliphatic carboxylic acids is 1. The van der Waals surface area contributed by atoms with Gasteiger partial charge in [-0.15, -0.1) is 0 Å². The highest BCUT2D eigenvalue weighted by Gasteiger charge is 2.55. The molecule has 0 radical (unpaired) electrons. The topological polar surface area (TPSA) is 236 Å². The summed E-state index contributed by atoms with van der Waals surface area (Å²) in [5.74, 6) is -2.50. The maximum atomic E-state index is 13.0. The van der Waals surface area contributed by atoms with Crippen LogP contribution in [0.15, 0.2) is 18.3 Å². The number of aryl methyl sites for hydroxylation is 1. The Kier molecular flexibility index (Phi) is 11.3. The zero-order valence-electron chi connectivity index (χ0n) is 29.7. The first-order valence-corrected chi connectivity index (χ1v) is 17.2. The number of nitrogens with one attached hydrogen (secondary N) is 3. The molecule has 7 N–H and O–H groups in total. The summed E-state index contributed by atoms with van der Waals surface area (Å²) in [5, 5.41) is 56.9. The smallest absolute Gasteiger partial charge is 0.410 e. The molecule has 51 heavy (non-hydrogen) atoms. The van der Waals surface area contributed by atoms with Crippen molar-refractivity contribution >= 4 is 34.8 Å². The van der Waals surface area contributed by atoms with Crippen molar-refractivity contribution in [1.82, 2.24) is 30.6 Å². The third kappa shape index (κ3) is 8.45. The number of aliphatic hydroxyl groups is 3. The van der Waals surface area contributed by atoms with E-state index in [4.69, 9.17) is 14.2 Å². The van der Waals surface area contributed by atoms with Gasteiger partial charge in [0.05, 0.1) is 48.7 Å². The molecule has 3 aliphatic heterocycles. The number of fused-ring (bicyclic) bond motifs is 1. The molecule has 1 spiro atoms. The molecular formula is C34H50N6O11. The Morgan fingerprint density at radius 2 is 1.94 bits per heavy atom. The number of benzene rings is 1. The number of hydrogen-bond donors (Lipinski definition) is 7. The van der Waals surface area contributed by atoms with Gasteiger partial charge in [-0.05, 0) is 51.8 Å². The second-order valence-electron chi connectivity index (χ2n) is 14.9. The minimum Gasteiger partial charge on any atom is -0.479 e. The summed E-state index contributed by atoms with van der Waals surface area (Å²) in [7, 11) is 0. The summed E-state index contributed by atoms with van der Waals surface area (Å²) in [6.45, 7) is 9.99. The maximum Gasteiger partial charge on any atom is 0.410 e. The SMILES string of the molecule is CC(=O)N[C@H]1[C@H]([C@H](O)[C@H](O)CNC(=O)c2cc(C)c3[nH]ncc3c2)O[C@@](CCN2CCOC[C@@]23CCN(C(=O)OC(C)(C)C)C3)(C(=O)O)C[C@@H]1O. The lowest BCUT2D eigenvalue weighted by Crippen LogP contribution is -2.68. The number of carboxylic acids is 1. The summed E-state index contributed by atoms with van der Waals surface area (Å²) in [4.78, 5) is 54.7. The van der Waals surface area contributed by atoms with Crippen molar-refractivity contribution in [2.75, 3.05) is 45.9 Å². The molecule has 282 valence electrons. The molecule has 0 aliphatic carbocycles. The molecule has 0 saturated carbocycles. The van der Waals surface area contributed by atoms with Crippen LogP contribution in [0.2, 0.25) is 0 Å². The number of morpholine rings is 1. The number of aromatic amines is 1. The Morgan fingerprint density at radius 1 is 1.20 bits per heavy atom. The van der Waals surface area contributed by atoms with E-state index < -0.39 is 84.0 Å². The Balaban J connectivity index is 1.30. The molecule has 7 atom stereocenters. The van der Waals surface area contributed by atoms with Crippen molar-refractivity contribution in [2.24, 2.45) is 0 Å². The normalized spacial score (nSPS) is 28.4. The molecule has 17 heteroatoms. The number of aliphatic hydroxyl groups excluding tert-OH is 3. The number of aromatic nitrogens is 2. The molecule has 3 aliphatic rings. The highest BCUT2D eigenvalue weighted by molar-refractivity contribution is 5.98. The van der Waals surface area contributed by atoms with E-state index in [9.17, 15) is 39.6 Å². The number of ether oxygens (including phenoxy) is 3. The molecule has 3 fully saturated rings. The minimum absolute atomic E-state index is 0.133. The van der Waals surface area contributed by atoms with Crippen LogP contribution in [0.1, 0.15) is 62.9 Å². The van der Waals surface area contributed by atoms with E-state index >= 15 is 0 Å². The van der Waals surface area contributed by atoms with Crippen LogP contribution in [0, 0.1) is 6.92 Å². The summed E-state index contributed by atoms with van der Waals surface area (Å²) in [6.07, 6.45) is -5.41. The zero-order chi connectivity index (χ0) is 37.3. The lowest BCUT2D eigenvalue weighted by molar-refractivity contribution is -0.231. The largest absolute Gasteiger partial charge is 0.479 e. The number of nitrogens with zero attached hydrogens (tertiary/aromatic N) is 3. The molecule has 17 nitrogen and oxygen atoms in total. The van der Waals surface area contributed by atoms with Crippen LogP contribution >= 0.6 is 0 Å². The van der Waals surface area contributed by atoms with Crippen LogP contribution in [-0.4, -0.2) is 157 Å². The second kappa shape index (κ2) is 15.0. The number of amides is 3. The van der Waals surface area contributed by atoms with Gasteiger partial charge in [0, 0.05) is 63.4 Å². The van der Waals surface area contributed by atoms with Crippen molar-refractivity contribution in [3.63, 3.8) is 0 Å². The fraction of sp³-hybridized carbons (Fsp3) is 0.676. The van der Waals surface area contributed by atoms with Crippen LogP contribution in [-0.2, 0) is 23.8 Å². The van der Waals surface area contributed by atoms with Crippen molar-refractivity contribution in [1.29, 1.82) is 0 Å². The maximum absolute atomic E-state index is 13.0. The molecule has 3 saturated heterocycles. The molecule has 5 rings (SSSR count). The molecule has 0 bridgehead atoms. The number of likely N-dealkylation sites (tertiary alicyclic amines) is 1. The predicted octanol–water partition coefficient (Wildman–Crippen LogP) is -0.0973. The van der Waals surface area contributed by atoms with Crippen molar-refractivity contribution in [2.45, 2.75) is 101 Å². The highest BCUT2D eigenvalue weighted by atomic mass is 16.6. The van der Waals surface area contributed by atoms with E-state index in [0.717, 1.165) is 11.1 Å². The molecule has 1 aromatic heterocycles. The van der Waals surface area contributed by atoms with Gasteiger partial charge < -0.3 is 50.2 Å². The van der Waals surface area contributed by atoms with Crippen molar-refractivity contribution < 1.29 is 53.8 Å². The third-order valence-corrected chi connectivity index (χ3v) is 9.96. The van der Waals surface area contributed by atoms with E-state index in [-0.39, 0.29) is 13.0 Å². The third-order valence-electron chi connectivity index (χ3n) is 9.96. The number of rotatable bonds is 10. The molecular weight excluding hydrogens is 668 g/mol. The minimum atomic E-state index is -2.02. The van der Waals surface area contributed by atoms with Crippen LogP contribution < -0.4 is 10.6 Å². The van der Waals surface area contributed by atoms with E-state index in [0.29, 0.717) is 50.2 Å². The fourth-order valence-corrected chi connectivity index (χ4v) is 7.32. The Bertz CT molecular complexity index is 1610. The van der Waals surface area contributed by atoms with Gasteiger partial charge in [-0.25, -0.2) is 9.59 Å². The number of H-pyrrole nitrogens is 1. The van der Waals surface area contributed by atoms with Crippen LogP contribution in [0.5, 0.6) is 0 Å². The Hall–Kier alpha value is -3.87. The second-order valence-corrected chi connectivity index (χ2v) is 14.9. The van der Waals surface area contributed by atoms with Gasteiger partial charge in [-0.2, -0.15) is 5.10 Å². The number of carbonyl (C=O) groups excluding carboxylic acids is 3. The predicted molar refractivity (Wildman–Crippen MR) is 181 cm³/mol. The lowest BCUT2D eigenvalue weighted by Gasteiger charge is -2.49. The van der Waals surface area contributed by atoms with Crippen molar-refractivity contribution in [3.8, 4) is 0 Å². The number of carbonyl (C=O) groups is 4. The highest BCUT2D eigenvalue weighted by Crippen LogP contribution is 2.38. The summed E-state index contributed by atoms with van der Waals surface area (Å²) < 4.78 is 17.5. The van der Waals surface area contributed by atoms with Gasteiger partial charge in [-0.1, -0.05) is 0 Å². The number of carboxylic acid groups (broad SMARTS) is 1. The summed E-state index contributed by atoms with van der Waals surface area (Å²) >= 11 is 0. The zero-order valence-corrected chi connectivity index (χ0v) is 29.7. The average Bonchev–Trinajstić information content (AvgIpc) is 3.71. The molecule has 2 aromatic rings. The van der Waals surface area contributed by atoms with Crippen LogP contribution in [0.25, 0.3) is 10.9 Å². The van der Waals surface area contributed by atoms with Gasteiger partial charge in [0.1, 0.15) is 17.8 Å². The lowest BCUT2D eigenvalue weighted by atomic mass is 9.81. The summed E-state index contributed by atoms with van der Waals surface area (Å²) in [6, 6.07) is 2.00. The van der Waals surface area contributed by atoms with Gasteiger partial charge in [0.25, 0.3) is 5.91 Å². The number of hydrogen-bond acceptors (Lipinski definition) is 12. The fourth-order valence-electron chi connectivity index (χ4n) is 7.32. The van der Waals surface area contributed by atoms with Crippen molar-refractivity contribution in [3.05, 3.63) is 29.5 Å².